The van der Waals surface area contributed by atoms with Crippen LogP contribution >= 0.6 is 15.9 Å². The Labute approximate surface area is 179 Å². The van der Waals surface area contributed by atoms with Crippen LogP contribution in [0.25, 0.3) is 0 Å². The monoisotopic (exact) mass is 477 g/mol. The van der Waals surface area contributed by atoms with Gasteiger partial charge in [-0.05, 0) is 48.2 Å². The molecule has 2 bridgehead atoms. The van der Waals surface area contributed by atoms with Gasteiger partial charge in [-0.3, -0.25) is 4.79 Å². The van der Waals surface area contributed by atoms with Crippen molar-refractivity contribution in [1.29, 1.82) is 0 Å². The molecule has 1 N–H and O–H groups in total. The number of hydrogen-bond acceptors (Lipinski definition) is 4. The summed E-state index contributed by atoms with van der Waals surface area (Å²) in [5.41, 5.74) is 0.784. The molecule has 0 saturated carbocycles. The van der Waals surface area contributed by atoms with E-state index >= 15 is 0 Å². The molecule has 0 unspecified atom stereocenters. The molecular formula is C22H24BrNO4S. The number of ether oxygens (including phenoxy) is 1. The van der Waals surface area contributed by atoms with Crippen molar-refractivity contribution in [2.45, 2.75) is 61.3 Å². The fourth-order valence-electron chi connectivity index (χ4n) is 4.23. The standard InChI is InChI=1S/C22H24BrNO4S/c1-21(2,3)13-5-8-15(9-6-13)29(26,27)19-17-12-22(4,24-20(19)25)28-18-10-7-14(23)11-16(17)18/h5-11,17,19H,12H2,1-4H3,(H,24,25)/t17-,19-,22-/m0/s1. The summed E-state index contributed by atoms with van der Waals surface area (Å²) in [4.78, 5) is 13.1. The van der Waals surface area contributed by atoms with Gasteiger partial charge in [-0.25, -0.2) is 8.42 Å². The maximum atomic E-state index is 13.5. The molecule has 2 aliphatic rings. The Balaban J connectivity index is 1.80. The van der Waals surface area contributed by atoms with Gasteiger partial charge < -0.3 is 10.1 Å². The van der Waals surface area contributed by atoms with Crippen LogP contribution in [0.15, 0.2) is 51.8 Å². The first kappa shape index (κ1) is 20.4. The number of halogens is 1. The second-order valence-electron chi connectivity index (χ2n) is 9.05. The minimum atomic E-state index is -3.89. The van der Waals surface area contributed by atoms with Crippen molar-refractivity contribution in [2.24, 2.45) is 0 Å². The first-order chi connectivity index (χ1) is 13.4. The van der Waals surface area contributed by atoms with E-state index in [9.17, 15) is 13.2 Å². The second kappa shape index (κ2) is 6.57. The molecule has 2 heterocycles. The zero-order valence-corrected chi connectivity index (χ0v) is 19.2. The molecular weight excluding hydrogens is 454 g/mol. The van der Waals surface area contributed by atoms with Crippen molar-refractivity contribution in [3.63, 3.8) is 0 Å². The molecule has 1 saturated heterocycles. The Morgan fingerprint density at radius 1 is 1.14 bits per heavy atom. The van der Waals surface area contributed by atoms with Gasteiger partial charge in [-0.2, -0.15) is 0 Å². The van der Waals surface area contributed by atoms with Gasteiger partial charge in [0.15, 0.2) is 20.8 Å². The maximum absolute atomic E-state index is 13.5. The van der Waals surface area contributed by atoms with Crippen LogP contribution in [-0.4, -0.2) is 25.3 Å². The minimum absolute atomic E-state index is 0.0851. The number of rotatable bonds is 2. The van der Waals surface area contributed by atoms with Crippen LogP contribution in [-0.2, 0) is 20.0 Å². The van der Waals surface area contributed by atoms with Crippen molar-refractivity contribution >= 4 is 31.7 Å². The average molecular weight is 478 g/mol. The molecule has 0 aliphatic carbocycles. The van der Waals surface area contributed by atoms with E-state index in [4.69, 9.17) is 4.74 Å². The van der Waals surface area contributed by atoms with E-state index in [2.05, 4.69) is 42.0 Å². The van der Waals surface area contributed by atoms with E-state index in [0.717, 1.165) is 15.6 Å². The molecule has 3 atom stereocenters. The Morgan fingerprint density at radius 2 is 1.79 bits per heavy atom. The molecule has 2 aromatic carbocycles. The summed E-state index contributed by atoms with van der Waals surface area (Å²) in [6.45, 7) is 8.00. The number of hydrogen-bond donors (Lipinski definition) is 1. The van der Waals surface area contributed by atoms with E-state index in [1.807, 2.05) is 30.3 Å². The highest BCUT2D eigenvalue weighted by Crippen LogP contribution is 2.47. The van der Waals surface area contributed by atoms with Crippen molar-refractivity contribution in [2.75, 3.05) is 0 Å². The molecule has 1 fully saturated rings. The third-order valence-corrected chi connectivity index (χ3v) is 8.34. The van der Waals surface area contributed by atoms with Gasteiger partial charge in [0.25, 0.3) is 0 Å². The molecule has 0 aromatic heterocycles. The van der Waals surface area contributed by atoms with Crippen molar-refractivity contribution in [3.8, 4) is 5.75 Å². The predicted molar refractivity (Wildman–Crippen MR) is 115 cm³/mol. The van der Waals surface area contributed by atoms with E-state index in [1.54, 1.807) is 19.1 Å². The summed E-state index contributed by atoms with van der Waals surface area (Å²) in [6, 6.07) is 12.4. The largest absolute Gasteiger partial charge is 0.468 e. The molecule has 1 amide bonds. The quantitative estimate of drug-likeness (QED) is 0.699. The molecule has 29 heavy (non-hydrogen) atoms. The first-order valence-corrected chi connectivity index (χ1v) is 11.9. The Bertz CT molecular complexity index is 1090. The smallest absolute Gasteiger partial charge is 0.242 e. The Morgan fingerprint density at radius 3 is 2.41 bits per heavy atom. The molecule has 0 radical (unpaired) electrons. The molecule has 5 nitrogen and oxygen atoms in total. The Kier molecular flexibility index (Phi) is 4.63. The van der Waals surface area contributed by atoms with E-state index < -0.39 is 32.6 Å². The first-order valence-electron chi connectivity index (χ1n) is 9.56. The number of benzene rings is 2. The van der Waals surface area contributed by atoms with Gasteiger partial charge in [-0.15, -0.1) is 0 Å². The van der Waals surface area contributed by atoms with E-state index in [0.29, 0.717) is 12.2 Å². The zero-order valence-electron chi connectivity index (χ0n) is 16.8. The normalized spacial score (nSPS) is 26.3. The fraction of sp³-hybridized carbons (Fsp3) is 0.409. The van der Waals surface area contributed by atoms with Gasteiger partial charge in [0.05, 0.1) is 4.90 Å². The highest BCUT2D eigenvalue weighted by atomic mass is 79.9. The fourth-order valence-corrected chi connectivity index (χ4v) is 6.43. The van der Waals surface area contributed by atoms with E-state index in [-0.39, 0.29) is 10.3 Å². The summed E-state index contributed by atoms with van der Waals surface area (Å²) < 4.78 is 33.9. The van der Waals surface area contributed by atoms with Crippen LogP contribution in [0.3, 0.4) is 0 Å². The molecule has 2 aliphatic heterocycles. The van der Waals surface area contributed by atoms with Gasteiger partial charge in [0.2, 0.25) is 5.91 Å². The van der Waals surface area contributed by atoms with Gasteiger partial charge >= 0.3 is 0 Å². The predicted octanol–water partition coefficient (Wildman–Crippen LogP) is 4.30. The lowest BCUT2D eigenvalue weighted by atomic mass is 9.81. The van der Waals surface area contributed by atoms with Crippen LogP contribution in [0.5, 0.6) is 5.75 Å². The maximum Gasteiger partial charge on any atom is 0.242 e. The van der Waals surface area contributed by atoms with Gasteiger partial charge in [0.1, 0.15) is 5.75 Å². The third kappa shape index (κ3) is 3.48. The molecule has 2 aromatic rings. The minimum Gasteiger partial charge on any atom is -0.468 e. The van der Waals surface area contributed by atoms with Crippen LogP contribution in [0.4, 0.5) is 0 Å². The number of amides is 1. The number of fused-ring (bicyclic) bond motifs is 4. The summed E-state index contributed by atoms with van der Waals surface area (Å²) in [6.07, 6.45) is 0.395. The molecule has 0 spiro atoms. The summed E-state index contributed by atoms with van der Waals surface area (Å²) in [5, 5.41) is 1.59. The van der Waals surface area contributed by atoms with Crippen molar-refractivity contribution in [1.82, 2.24) is 5.32 Å². The zero-order chi connectivity index (χ0) is 21.2. The third-order valence-electron chi connectivity index (χ3n) is 5.71. The van der Waals surface area contributed by atoms with Crippen LogP contribution in [0.2, 0.25) is 0 Å². The average Bonchev–Trinajstić information content (AvgIpc) is 2.61. The Hall–Kier alpha value is -1.86. The van der Waals surface area contributed by atoms with Crippen LogP contribution < -0.4 is 10.1 Å². The number of carbonyl (C=O) groups is 1. The molecule has 7 heteroatoms. The second-order valence-corrected chi connectivity index (χ2v) is 12.0. The van der Waals surface area contributed by atoms with Crippen LogP contribution in [0, 0.1) is 0 Å². The van der Waals surface area contributed by atoms with Gasteiger partial charge in [-0.1, -0.05) is 48.8 Å². The van der Waals surface area contributed by atoms with E-state index in [1.165, 1.54) is 0 Å². The van der Waals surface area contributed by atoms with Crippen molar-refractivity contribution in [3.05, 3.63) is 58.1 Å². The molecule has 4 rings (SSSR count). The summed E-state index contributed by atoms with van der Waals surface area (Å²) in [5.74, 6) is -0.396. The van der Waals surface area contributed by atoms with Gasteiger partial charge in [0, 0.05) is 22.4 Å². The lowest BCUT2D eigenvalue weighted by molar-refractivity contribution is -0.132. The van der Waals surface area contributed by atoms with Crippen molar-refractivity contribution < 1.29 is 17.9 Å². The summed E-state index contributed by atoms with van der Waals surface area (Å²) >= 11 is 3.44. The lowest BCUT2D eigenvalue weighted by Crippen LogP contribution is -2.63. The highest BCUT2D eigenvalue weighted by Gasteiger charge is 2.54. The number of sulfone groups is 1. The molecule has 154 valence electrons. The number of carbonyl (C=O) groups excluding carboxylic acids is 1. The topological polar surface area (TPSA) is 72.5 Å². The van der Waals surface area contributed by atoms with Crippen LogP contribution in [0.1, 0.15) is 51.2 Å². The highest BCUT2D eigenvalue weighted by molar-refractivity contribution is 9.10. The SMILES string of the molecule is CC(C)(C)c1ccc(S(=O)(=O)[C@@H]2C(=O)N[C@]3(C)C[C@H]2c2cc(Br)ccc2O3)cc1. The number of piperidine rings is 1. The summed E-state index contributed by atoms with van der Waals surface area (Å²) in [7, 11) is -3.89. The lowest BCUT2D eigenvalue weighted by Gasteiger charge is -2.46. The number of nitrogens with one attached hydrogen (secondary N) is 1.